The normalized spacial score (nSPS) is 16.8. The Labute approximate surface area is 108 Å². The van der Waals surface area contributed by atoms with Crippen molar-refractivity contribution in [2.75, 3.05) is 17.6 Å². The van der Waals surface area contributed by atoms with Crippen molar-refractivity contribution in [3.8, 4) is 0 Å². The summed E-state index contributed by atoms with van der Waals surface area (Å²) in [6, 6.07) is 14.7. The first-order chi connectivity index (χ1) is 8.75. The maximum Gasteiger partial charge on any atom is 0.0390 e. The molecule has 2 aromatic rings. The second kappa shape index (κ2) is 4.37. The van der Waals surface area contributed by atoms with Crippen LogP contribution in [0.3, 0.4) is 0 Å². The Morgan fingerprint density at radius 2 is 2.00 bits per heavy atom. The van der Waals surface area contributed by atoms with Gasteiger partial charge in [0.05, 0.1) is 0 Å². The van der Waals surface area contributed by atoms with E-state index in [4.69, 9.17) is 5.73 Å². The third kappa shape index (κ3) is 1.84. The molecule has 3 rings (SSSR count). The van der Waals surface area contributed by atoms with Crippen molar-refractivity contribution in [2.45, 2.75) is 19.3 Å². The Kier molecular flexibility index (Phi) is 2.71. The molecule has 0 saturated carbocycles. The monoisotopic (exact) mass is 238 g/mol. The highest BCUT2D eigenvalue weighted by atomic mass is 14.9. The lowest BCUT2D eigenvalue weighted by molar-refractivity contribution is 0.635. The van der Waals surface area contributed by atoms with Gasteiger partial charge in [-0.3, -0.25) is 0 Å². The smallest absolute Gasteiger partial charge is 0.0390 e. The maximum absolute atomic E-state index is 5.91. The molecule has 1 unspecified atom stereocenters. The van der Waals surface area contributed by atoms with Crippen LogP contribution in [0.4, 0.5) is 11.4 Å². The molecule has 2 aromatic carbocycles. The average molecular weight is 238 g/mol. The van der Waals surface area contributed by atoms with Crippen molar-refractivity contribution in [1.82, 2.24) is 0 Å². The van der Waals surface area contributed by atoms with Crippen LogP contribution in [0.15, 0.2) is 42.5 Å². The lowest BCUT2D eigenvalue weighted by Crippen LogP contribution is -2.24. The topological polar surface area (TPSA) is 38.0 Å². The molecule has 0 saturated heterocycles. The summed E-state index contributed by atoms with van der Waals surface area (Å²) in [4.78, 5) is 0. The lowest BCUT2D eigenvalue weighted by atomic mass is 9.77. The Balaban J connectivity index is 1.69. The van der Waals surface area contributed by atoms with Crippen molar-refractivity contribution >= 4 is 11.4 Å². The zero-order valence-electron chi connectivity index (χ0n) is 10.6. The van der Waals surface area contributed by atoms with E-state index < -0.39 is 0 Å². The van der Waals surface area contributed by atoms with Gasteiger partial charge >= 0.3 is 0 Å². The summed E-state index contributed by atoms with van der Waals surface area (Å²) in [5.74, 6) is 0.641. The van der Waals surface area contributed by atoms with Crippen LogP contribution >= 0.6 is 0 Å². The van der Waals surface area contributed by atoms with Crippen molar-refractivity contribution < 1.29 is 0 Å². The first-order valence-electron chi connectivity index (χ1n) is 6.42. The maximum atomic E-state index is 5.91. The van der Waals surface area contributed by atoms with Gasteiger partial charge in [0.25, 0.3) is 0 Å². The Hall–Kier alpha value is -1.96. The van der Waals surface area contributed by atoms with E-state index in [-0.39, 0.29) is 0 Å². The molecule has 1 aliphatic rings. The predicted octanol–water partition coefficient (Wildman–Crippen LogP) is 3.33. The minimum Gasteiger partial charge on any atom is -0.398 e. The van der Waals surface area contributed by atoms with Crippen molar-refractivity contribution in [2.24, 2.45) is 0 Å². The van der Waals surface area contributed by atoms with Gasteiger partial charge in [0.15, 0.2) is 0 Å². The number of benzene rings is 2. The van der Waals surface area contributed by atoms with Crippen LogP contribution in [-0.4, -0.2) is 6.54 Å². The van der Waals surface area contributed by atoms with E-state index in [0.29, 0.717) is 5.92 Å². The number of hydrogen-bond donors (Lipinski definition) is 2. The number of rotatable bonds is 3. The highest BCUT2D eigenvalue weighted by molar-refractivity contribution is 5.63. The van der Waals surface area contributed by atoms with Gasteiger partial charge in [-0.25, -0.2) is 0 Å². The molecule has 0 aliphatic heterocycles. The number of nitrogens with one attached hydrogen (secondary N) is 1. The lowest BCUT2D eigenvalue weighted by Gasteiger charge is -2.30. The third-order valence-corrected chi connectivity index (χ3v) is 3.88. The summed E-state index contributed by atoms with van der Waals surface area (Å²) in [5.41, 5.74) is 12.0. The molecule has 3 N–H and O–H groups in total. The average Bonchev–Trinajstić information content (AvgIpc) is 2.35. The molecule has 0 aromatic heterocycles. The summed E-state index contributed by atoms with van der Waals surface area (Å²) in [5, 5.41) is 3.52. The summed E-state index contributed by atoms with van der Waals surface area (Å²) in [6.07, 6.45) is 1.19. The van der Waals surface area contributed by atoms with Crippen LogP contribution < -0.4 is 11.1 Å². The van der Waals surface area contributed by atoms with Crippen molar-refractivity contribution in [3.05, 3.63) is 59.2 Å². The number of nitrogens with two attached hydrogens (primary N) is 1. The van der Waals surface area contributed by atoms with E-state index in [9.17, 15) is 0 Å². The molecule has 1 aliphatic carbocycles. The van der Waals surface area contributed by atoms with Crippen LogP contribution in [0.5, 0.6) is 0 Å². The van der Waals surface area contributed by atoms with Crippen LogP contribution in [0.1, 0.15) is 22.6 Å². The number of fused-ring (bicyclic) bond motifs is 1. The van der Waals surface area contributed by atoms with Gasteiger partial charge in [-0.05, 0) is 42.2 Å². The standard InChI is InChI=1S/C16H18N2/c1-11-15(17)7-4-8-16(11)18-10-13-9-12-5-2-3-6-14(12)13/h2-8,13,18H,9-10,17H2,1H3. The Morgan fingerprint density at radius 1 is 1.17 bits per heavy atom. The first-order valence-corrected chi connectivity index (χ1v) is 6.42. The fourth-order valence-corrected chi connectivity index (χ4v) is 2.62. The molecule has 0 amide bonds. The Bertz CT molecular complexity index is 575. The summed E-state index contributed by atoms with van der Waals surface area (Å²) < 4.78 is 0. The van der Waals surface area contributed by atoms with Gasteiger partial charge in [0.2, 0.25) is 0 Å². The molecule has 0 bridgehead atoms. The first kappa shape index (κ1) is 11.1. The molecular weight excluding hydrogens is 220 g/mol. The second-order valence-corrected chi connectivity index (χ2v) is 5.00. The van der Waals surface area contributed by atoms with Gasteiger partial charge < -0.3 is 11.1 Å². The minimum atomic E-state index is 0.641. The fourth-order valence-electron chi connectivity index (χ4n) is 2.62. The molecule has 18 heavy (non-hydrogen) atoms. The molecule has 92 valence electrons. The highest BCUT2D eigenvalue weighted by Gasteiger charge is 2.24. The Morgan fingerprint density at radius 3 is 2.83 bits per heavy atom. The summed E-state index contributed by atoms with van der Waals surface area (Å²) in [7, 11) is 0. The highest BCUT2D eigenvalue weighted by Crippen LogP contribution is 2.35. The van der Waals surface area contributed by atoms with E-state index in [1.807, 2.05) is 12.1 Å². The summed E-state index contributed by atoms with van der Waals surface area (Å²) >= 11 is 0. The van der Waals surface area contributed by atoms with Gasteiger partial charge in [0.1, 0.15) is 0 Å². The van der Waals surface area contributed by atoms with Crippen LogP contribution in [0, 0.1) is 6.92 Å². The van der Waals surface area contributed by atoms with Crippen LogP contribution in [0.25, 0.3) is 0 Å². The zero-order valence-corrected chi connectivity index (χ0v) is 10.6. The van der Waals surface area contributed by atoms with Gasteiger partial charge in [0, 0.05) is 23.8 Å². The van der Waals surface area contributed by atoms with E-state index in [0.717, 1.165) is 23.5 Å². The van der Waals surface area contributed by atoms with E-state index >= 15 is 0 Å². The van der Waals surface area contributed by atoms with Crippen molar-refractivity contribution in [3.63, 3.8) is 0 Å². The van der Waals surface area contributed by atoms with Crippen LogP contribution in [-0.2, 0) is 6.42 Å². The molecular formula is C16H18N2. The SMILES string of the molecule is Cc1c(N)cccc1NCC1Cc2ccccc21. The number of anilines is 2. The molecule has 2 nitrogen and oxygen atoms in total. The van der Waals surface area contributed by atoms with Gasteiger partial charge in [-0.15, -0.1) is 0 Å². The molecule has 0 fully saturated rings. The van der Waals surface area contributed by atoms with Crippen LogP contribution in [0.2, 0.25) is 0 Å². The number of hydrogen-bond acceptors (Lipinski definition) is 2. The van der Waals surface area contributed by atoms with Gasteiger partial charge in [-0.1, -0.05) is 30.3 Å². The molecule has 0 heterocycles. The second-order valence-electron chi connectivity index (χ2n) is 5.00. The molecule has 0 radical (unpaired) electrons. The molecule has 1 atom stereocenters. The molecule has 0 spiro atoms. The molecule has 2 heteroatoms. The minimum absolute atomic E-state index is 0.641. The third-order valence-electron chi connectivity index (χ3n) is 3.88. The van der Waals surface area contributed by atoms with Crippen molar-refractivity contribution in [1.29, 1.82) is 0 Å². The van der Waals surface area contributed by atoms with Gasteiger partial charge in [-0.2, -0.15) is 0 Å². The largest absolute Gasteiger partial charge is 0.398 e. The number of nitrogen functional groups attached to an aromatic ring is 1. The fraction of sp³-hybridized carbons (Fsp3) is 0.250. The quantitative estimate of drug-likeness (QED) is 0.805. The van der Waals surface area contributed by atoms with E-state index in [2.05, 4.69) is 42.6 Å². The predicted molar refractivity (Wildman–Crippen MR) is 77.0 cm³/mol. The van der Waals surface area contributed by atoms with E-state index in [1.54, 1.807) is 0 Å². The zero-order chi connectivity index (χ0) is 12.5. The van der Waals surface area contributed by atoms with E-state index in [1.165, 1.54) is 17.5 Å². The summed E-state index contributed by atoms with van der Waals surface area (Å²) in [6.45, 7) is 3.05.